The molecule has 0 aliphatic rings. The quantitative estimate of drug-likeness (QED) is 0.360. The first kappa shape index (κ1) is 19.6. The summed E-state index contributed by atoms with van der Waals surface area (Å²) in [6.07, 6.45) is -3.39. The summed E-state index contributed by atoms with van der Waals surface area (Å²) in [7, 11) is 0. The molecule has 0 amide bonds. The first-order chi connectivity index (χ1) is 13.3. The molecule has 0 spiro atoms. The van der Waals surface area contributed by atoms with Crippen molar-refractivity contribution < 1.29 is 18.1 Å². The number of nitro groups is 1. The van der Waals surface area contributed by atoms with Crippen molar-refractivity contribution in [1.82, 2.24) is 4.98 Å². The average molecular weight is 390 g/mol. The highest BCUT2D eigenvalue weighted by molar-refractivity contribution is 6.03. The number of nitrogens with zero attached hydrogens (tertiary/aromatic N) is 2. The van der Waals surface area contributed by atoms with Gasteiger partial charge in [-0.05, 0) is 42.3 Å². The van der Waals surface area contributed by atoms with E-state index in [-0.39, 0.29) is 33.5 Å². The molecule has 0 saturated carbocycles. The number of rotatable bonds is 5. The number of aryl methyl sites for hydroxylation is 1. The number of nitrogens with two attached hydrogens (primary N) is 1. The highest BCUT2D eigenvalue weighted by atomic mass is 19.4. The Hall–Kier alpha value is -3.20. The predicted molar refractivity (Wildman–Crippen MR) is 101 cm³/mol. The number of alkyl halides is 3. The van der Waals surface area contributed by atoms with Crippen molar-refractivity contribution in [2.45, 2.75) is 25.9 Å². The van der Waals surface area contributed by atoms with Crippen LogP contribution in [0, 0.1) is 10.1 Å². The number of pyridine rings is 1. The summed E-state index contributed by atoms with van der Waals surface area (Å²) in [5.41, 5.74) is 2.59. The van der Waals surface area contributed by atoms with Crippen LogP contribution in [0.3, 0.4) is 0 Å². The van der Waals surface area contributed by atoms with E-state index >= 15 is 0 Å². The van der Waals surface area contributed by atoms with Gasteiger partial charge in [0.15, 0.2) is 0 Å². The van der Waals surface area contributed by atoms with Gasteiger partial charge < -0.3 is 5.43 Å². The number of fused-ring (bicyclic) bond motifs is 1. The molecule has 28 heavy (non-hydrogen) atoms. The van der Waals surface area contributed by atoms with Crippen LogP contribution in [0.15, 0.2) is 42.5 Å². The second kappa shape index (κ2) is 7.43. The van der Waals surface area contributed by atoms with Gasteiger partial charge in [-0.2, -0.15) is 13.2 Å². The van der Waals surface area contributed by atoms with Gasteiger partial charge in [-0.15, -0.1) is 0 Å². The molecular weight excluding hydrogens is 373 g/mol. The molecule has 1 heterocycles. The molecule has 3 rings (SSSR count). The van der Waals surface area contributed by atoms with E-state index in [0.717, 1.165) is 12.1 Å². The lowest BCUT2D eigenvalue weighted by Crippen LogP contribution is -2.09. The van der Waals surface area contributed by atoms with Crippen molar-refractivity contribution in [3.8, 4) is 11.1 Å². The van der Waals surface area contributed by atoms with Gasteiger partial charge in [-0.1, -0.05) is 25.5 Å². The fraction of sp³-hybridized carbons (Fsp3) is 0.211. The largest absolute Gasteiger partial charge is 0.416 e. The van der Waals surface area contributed by atoms with Crippen molar-refractivity contribution in [3.05, 3.63) is 63.7 Å². The third-order valence-corrected chi connectivity index (χ3v) is 4.38. The summed E-state index contributed by atoms with van der Waals surface area (Å²) in [6, 6.07) is 9.30. The maximum atomic E-state index is 13.2. The molecule has 0 saturated heterocycles. The Labute approximate surface area is 158 Å². The number of nitro benzene ring substituents is 1. The molecule has 2 aromatic carbocycles. The highest BCUT2D eigenvalue weighted by Gasteiger charge is 2.31. The van der Waals surface area contributed by atoms with Gasteiger partial charge in [0.2, 0.25) is 0 Å². The SMILES string of the molecule is CCCc1ccc2nc(NN)cc(-c3cccc(C(F)(F)F)c3)c2c1[N+](=O)[O-]. The molecule has 0 atom stereocenters. The van der Waals surface area contributed by atoms with Crippen LogP contribution < -0.4 is 11.3 Å². The standard InChI is InChI=1S/C19H17F3N4O2/c1-2-4-11-7-8-15-17(18(11)26(27)28)14(10-16(24-15)25-23)12-5-3-6-13(9-12)19(20,21)22/h3,5-10H,2,4,23H2,1H3,(H,24,25). The van der Waals surface area contributed by atoms with Crippen LogP contribution >= 0.6 is 0 Å². The summed E-state index contributed by atoms with van der Waals surface area (Å²) < 4.78 is 39.5. The van der Waals surface area contributed by atoms with Gasteiger partial charge in [0.1, 0.15) is 5.82 Å². The van der Waals surface area contributed by atoms with Crippen molar-refractivity contribution in [2.24, 2.45) is 5.84 Å². The Kier molecular flexibility index (Phi) is 5.19. The maximum Gasteiger partial charge on any atom is 0.416 e. The first-order valence-corrected chi connectivity index (χ1v) is 8.51. The topological polar surface area (TPSA) is 94.1 Å². The number of hydrogen-bond acceptors (Lipinski definition) is 5. The number of nitrogen functional groups attached to an aromatic ring is 1. The lowest BCUT2D eigenvalue weighted by atomic mass is 9.95. The molecule has 9 heteroatoms. The van der Waals surface area contributed by atoms with Gasteiger partial charge in [0, 0.05) is 11.1 Å². The molecule has 3 N–H and O–H groups in total. The number of nitrogens with one attached hydrogen (secondary N) is 1. The lowest BCUT2D eigenvalue weighted by molar-refractivity contribution is -0.383. The Bertz CT molecular complexity index is 1050. The molecule has 6 nitrogen and oxygen atoms in total. The van der Waals surface area contributed by atoms with Crippen LogP contribution in [-0.2, 0) is 12.6 Å². The van der Waals surface area contributed by atoms with E-state index in [1.54, 1.807) is 12.1 Å². The highest BCUT2D eigenvalue weighted by Crippen LogP contribution is 2.40. The summed E-state index contributed by atoms with van der Waals surface area (Å²) in [4.78, 5) is 15.6. The molecule has 0 aliphatic carbocycles. The molecule has 0 unspecified atom stereocenters. The number of benzene rings is 2. The molecule has 1 aromatic heterocycles. The minimum Gasteiger partial charge on any atom is -0.308 e. The predicted octanol–water partition coefficient (Wildman–Crippen LogP) is 5.07. The molecule has 0 aliphatic heterocycles. The summed E-state index contributed by atoms with van der Waals surface area (Å²) in [5, 5.41) is 12.0. The first-order valence-electron chi connectivity index (χ1n) is 8.51. The van der Waals surface area contributed by atoms with E-state index in [1.807, 2.05) is 6.92 Å². The number of aromatic nitrogens is 1. The molecule has 0 fully saturated rings. The molecule has 0 bridgehead atoms. The van der Waals surface area contributed by atoms with E-state index < -0.39 is 16.7 Å². The van der Waals surface area contributed by atoms with Crippen molar-refractivity contribution >= 4 is 22.4 Å². The van der Waals surface area contributed by atoms with Gasteiger partial charge in [-0.25, -0.2) is 10.8 Å². The van der Waals surface area contributed by atoms with Crippen molar-refractivity contribution in [2.75, 3.05) is 5.43 Å². The summed E-state index contributed by atoms with van der Waals surface area (Å²) in [5.74, 6) is 5.63. The number of hydrazine groups is 1. The minimum absolute atomic E-state index is 0.150. The van der Waals surface area contributed by atoms with E-state index in [9.17, 15) is 23.3 Å². The van der Waals surface area contributed by atoms with Gasteiger partial charge in [0.05, 0.1) is 21.4 Å². The fourth-order valence-electron chi connectivity index (χ4n) is 3.20. The fourth-order valence-corrected chi connectivity index (χ4v) is 3.20. The maximum absolute atomic E-state index is 13.2. The minimum atomic E-state index is -4.53. The molecular formula is C19H17F3N4O2. The zero-order valence-electron chi connectivity index (χ0n) is 14.9. The van der Waals surface area contributed by atoms with E-state index in [0.29, 0.717) is 18.4 Å². The van der Waals surface area contributed by atoms with Crippen LogP contribution in [0.4, 0.5) is 24.7 Å². The summed E-state index contributed by atoms with van der Waals surface area (Å²) in [6.45, 7) is 1.89. The zero-order valence-corrected chi connectivity index (χ0v) is 14.9. The second-order valence-corrected chi connectivity index (χ2v) is 6.25. The van der Waals surface area contributed by atoms with Crippen LogP contribution in [0.5, 0.6) is 0 Å². The number of hydrogen-bond donors (Lipinski definition) is 2. The third-order valence-electron chi connectivity index (χ3n) is 4.38. The van der Waals surface area contributed by atoms with Gasteiger partial charge >= 0.3 is 6.18 Å². The molecule has 3 aromatic rings. The Morgan fingerprint density at radius 3 is 2.57 bits per heavy atom. The van der Waals surface area contributed by atoms with Crippen LogP contribution in [-0.4, -0.2) is 9.91 Å². The van der Waals surface area contributed by atoms with Crippen LogP contribution in [0.25, 0.3) is 22.0 Å². The molecule has 0 radical (unpaired) electrons. The third kappa shape index (κ3) is 3.61. The van der Waals surface area contributed by atoms with Crippen molar-refractivity contribution in [1.29, 1.82) is 0 Å². The Balaban J connectivity index is 2.41. The van der Waals surface area contributed by atoms with E-state index in [2.05, 4.69) is 10.4 Å². The summed E-state index contributed by atoms with van der Waals surface area (Å²) >= 11 is 0. The normalized spacial score (nSPS) is 11.6. The van der Waals surface area contributed by atoms with Gasteiger partial charge in [0.25, 0.3) is 5.69 Å². The second-order valence-electron chi connectivity index (χ2n) is 6.25. The van der Waals surface area contributed by atoms with Crippen molar-refractivity contribution in [3.63, 3.8) is 0 Å². The number of halogens is 3. The zero-order chi connectivity index (χ0) is 20.5. The monoisotopic (exact) mass is 390 g/mol. The van der Waals surface area contributed by atoms with Gasteiger partial charge in [-0.3, -0.25) is 10.1 Å². The average Bonchev–Trinajstić information content (AvgIpc) is 2.66. The lowest BCUT2D eigenvalue weighted by Gasteiger charge is -2.14. The smallest absolute Gasteiger partial charge is 0.308 e. The number of anilines is 1. The Morgan fingerprint density at radius 1 is 1.21 bits per heavy atom. The van der Waals surface area contributed by atoms with E-state index in [4.69, 9.17) is 5.84 Å². The molecule has 146 valence electrons. The Morgan fingerprint density at radius 2 is 1.96 bits per heavy atom. The van der Waals surface area contributed by atoms with Crippen LogP contribution in [0.1, 0.15) is 24.5 Å². The van der Waals surface area contributed by atoms with E-state index in [1.165, 1.54) is 18.2 Å². The van der Waals surface area contributed by atoms with Crippen LogP contribution in [0.2, 0.25) is 0 Å².